The van der Waals surface area contributed by atoms with Crippen molar-refractivity contribution < 1.29 is 0 Å². The Hall–Kier alpha value is -0.930. The fourth-order valence-electron chi connectivity index (χ4n) is 2.18. The number of benzene rings is 1. The van der Waals surface area contributed by atoms with Gasteiger partial charge in [0.2, 0.25) is 0 Å². The maximum atomic E-state index is 5.78. The van der Waals surface area contributed by atoms with Crippen molar-refractivity contribution in [3.63, 3.8) is 0 Å². The van der Waals surface area contributed by atoms with Gasteiger partial charge in [-0.2, -0.15) is 5.10 Å². The van der Waals surface area contributed by atoms with Crippen LogP contribution < -0.4 is 0 Å². The third-order valence-corrected chi connectivity index (χ3v) is 4.61. The summed E-state index contributed by atoms with van der Waals surface area (Å²) in [6.07, 6.45) is 3.89. The molecule has 1 atom stereocenters. The van der Waals surface area contributed by atoms with Gasteiger partial charge in [0.15, 0.2) is 0 Å². The Balaban J connectivity index is 1.79. The zero-order chi connectivity index (χ0) is 11.7. The molecule has 2 aromatic rings. The van der Waals surface area contributed by atoms with Crippen LogP contribution in [0.1, 0.15) is 17.0 Å². The summed E-state index contributed by atoms with van der Waals surface area (Å²) in [5.74, 6) is 2.25. The van der Waals surface area contributed by atoms with E-state index >= 15 is 0 Å². The number of hydrogen-bond donors (Lipinski definition) is 0. The second-order valence-corrected chi connectivity index (χ2v) is 5.58. The number of hydrogen-bond acceptors (Lipinski definition) is 2. The number of halogens is 1. The summed E-state index contributed by atoms with van der Waals surface area (Å²) in [4.78, 5) is 1.42. The normalized spacial score (nSPS) is 18.3. The van der Waals surface area contributed by atoms with Gasteiger partial charge < -0.3 is 0 Å². The van der Waals surface area contributed by atoms with E-state index in [1.165, 1.54) is 10.5 Å². The first-order valence-electron chi connectivity index (χ1n) is 5.66. The summed E-state index contributed by atoms with van der Waals surface area (Å²) in [6.45, 7) is 0.945. The molecule has 88 valence electrons. The van der Waals surface area contributed by atoms with Crippen LogP contribution in [0.2, 0.25) is 0 Å². The highest BCUT2D eigenvalue weighted by atomic mass is 35.5. The molecule has 0 N–H and O–H groups in total. The molecule has 1 aliphatic heterocycles. The van der Waals surface area contributed by atoms with Gasteiger partial charge in [0, 0.05) is 34.9 Å². The molecular formula is C13H13ClN2S. The molecule has 3 rings (SSSR count). The molecule has 1 unspecified atom stereocenters. The molecule has 0 amide bonds. The van der Waals surface area contributed by atoms with Crippen LogP contribution in [-0.2, 0) is 12.4 Å². The van der Waals surface area contributed by atoms with Gasteiger partial charge in [-0.25, -0.2) is 0 Å². The van der Waals surface area contributed by atoms with Crippen LogP contribution in [0.25, 0.3) is 0 Å². The van der Waals surface area contributed by atoms with E-state index < -0.39 is 0 Å². The zero-order valence-electron chi connectivity index (χ0n) is 9.34. The smallest absolute Gasteiger partial charge is 0.0533 e. The van der Waals surface area contributed by atoms with Gasteiger partial charge in [-0.1, -0.05) is 18.2 Å². The first kappa shape index (κ1) is 11.2. The minimum atomic E-state index is 0.538. The molecule has 1 aromatic carbocycles. The van der Waals surface area contributed by atoms with Crippen LogP contribution in [0.3, 0.4) is 0 Å². The molecule has 2 nitrogen and oxygen atoms in total. The molecule has 0 radical (unpaired) electrons. The van der Waals surface area contributed by atoms with E-state index in [1.807, 2.05) is 28.8 Å². The molecule has 1 aliphatic rings. The highest BCUT2D eigenvalue weighted by Crippen LogP contribution is 2.39. The summed E-state index contributed by atoms with van der Waals surface area (Å²) < 4.78 is 2.00. The summed E-state index contributed by atoms with van der Waals surface area (Å²) in [5, 5.41) is 4.35. The van der Waals surface area contributed by atoms with Crippen LogP contribution in [0.15, 0.2) is 41.6 Å². The van der Waals surface area contributed by atoms with Gasteiger partial charge in [-0.15, -0.1) is 23.4 Å². The minimum Gasteiger partial charge on any atom is -0.272 e. The minimum absolute atomic E-state index is 0.538. The fraction of sp³-hybridized carbons (Fsp3) is 0.308. The number of thioether (sulfide) groups is 1. The number of fused-ring (bicyclic) bond motifs is 1. The summed E-state index contributed by atoms with van der Waals surface area (Å²) in [5.41, 5.74) is 2.55. The SMILES string of the molecule is ClCc1cnn(CC2CSc3ccccc32)c1. The van der Waals surface area contributed by atoms with Crippen molar-refractivity contribution in [3.8, 4) is 0 Å². The highest BCUT2D eigenvalue weighted by molar-refractivity contribution is 7.99. The second-order valence-electron chi connectivity index (χ2n) is 4.25. The second kappa shape index (κ2) is 4.75. The zero-order valence-corrected chi connectivity index (χ0v) is 10.9. The third kappa shape index (κ3) is 2.22. The number of aromatic nitrogens is 2. The van der Waals surface area contributed by atoms with E-state index in [0.29, 0.717) is 11.8 Å². The Kier molecular flexibility index (Phi) is 3.12. The van der Waals surface area contributed by atoms with E-state index in [0.717, 1.165) is 17.9 Å². The highest BCUT2D eigenvalue weighted by Gasteiger charge is 2.23. The monoisotopic (exact) mass is 264 g/mol. The lowest BCUT2D eigenvalue weighted by atomic mass is 10.0. The largest absolute Gasteiger partial charge is 0.272 e. The molecule has 0 aliphatic carbocycles. The molecule has 0 spiro atoms. The topological polar surface area (TPSA) is 17.8 Å². The molecular weight excluding hydrogens is 252 g/mol. The fourth-order valence-corrected chi connectivity index (χ4v) is 3.56. The maximum absolute atomic E-state index is 5.78. The van der Waals surface area contributed by atoms with Crippen LogP contribution >= 0.6 is 23.4 Å². The molecule has 0 bridgehead atoms. The summed E-state index contributed by atoms with van der Waals surface area (Å²) in [6, 6.07) is 8.65. The molecule has 4 heteroatoms. The number of rotatable bonds is 3. The van der Waals surface area contributed by atoms with Gasteiger partial charge in [-0.05, 0) is 11.6 Å². The summed E-state index contributed by atoms with van der Waals surface area (Å²) >= 11 is 7.72. The molecule has 2 heterocycles. The van der Waals surface area contributed by atoms with E-state index in [2.05, 4.69) is 29.4 Å². The van der Waals surface area contributed by atoms with Crippen LogP contribution in [-0.4, -0.2) is 15.5 Å². The number of alkyl halides is 1. The predicted octanol–water partition coefficient (Wildman–Crippen LogP) is 3.51. The number of nitrogens with zero attached hydrogens (tertiary/aromatic N) is 2. The van der Waals surface area contributed by atoms with Crippen LogP contribution in [0, 0.1) is 0 Å². The van der Waals surface area contributed by atoms with Gasteiger partial charge in [0.05, 0.1) is 12.1 Å². The Morgan fingerprint density at radius 2 is 2.29 bits per heavy atom. The predicted molar refractivity (Wildman–Crippen MR) is 71.7 cm³/mol. The van der Waals surface area contributed by atoms with Crippen molar-refractivity contribution in [1.82, 2.24) is 9.78 Å². The van der Waals surface area contributed by atoms with Crippen molar-refractivity contribution in [2.45, 2.75) is 23.2 Å². The molecule has 17 heavy (non-hydrogen) atoms. The molecule has 1 aromatic heterocycles. The van der Waals surface area contributed by atoms with Gasteiger partial charge in [0.1, 0.15) is 0 Å². The van der Waals surface area contributed by atoms with Crippen molar-refractivity contribution in [3.05, 3.63) is 47.8 Å². The average molecular weight is 265 g/mol. The van der Waals surface area contributed by atoms with Gasteiger partial charge in [-0.3, -0.25) is 4.68 Å². The van der Waals surface area contributed by atoms with Gasteiger partial charge in [0.25, 0.3) is 0 Å². The van der Waals surface area contributed by atoms with E-state index in [1.54, 1.807) is 0 Å². The van der Waals surface area contributed by atoms with Gasteiger partial charge >= 0.3 is 0 Å². The van der Waals surface area contributed by atoms with Crippen LogP contribution in [0.5, 0.6) is 0 Å². The van der Waals surface area contributed by atoms with Crippen molar-refractivity contribution in [2.75, 3.05) is 5.75 Å². The summed E-state index contributed by atoms with van der Waals surface area (Å²) in [7, 11) is 0. The quantitative estimate of drug-likeness (QED) is 0.790. The Bertz CT molecular complexity index is 524. The molecule has 0 fully saturated rings. The Morgan fingerprint density at radius 3 is 3.12 bits per heavy atom. The van der Waals surface area contributed by atoms with Crippen molar-refractivity contribution in [1.29, 1.82) is 0 Å². The average Bonchev–Trinajstić information content (AvgIpc) is 2.97. The lowest BCUT2D eigenvalue weighted by molar-refractivity contribution is 0.549. The maximum Gasteiger partial charge on any atom is 0.0533 e. The first-order valence-corrected chi connectivity index (χ1v) is 7.18. The molecule has 0 saturated carbocycles. The Labute approximate surface area is 110 Å². The Morgan fingerprint density at radius 1 is 1.41 bits per heavy atom. The van der Waals surface area contributed by atoms with Crippen LogP contribution in [0.4, 0.5) is 0 Å². The van der Waals surface area contributed by atoms with E-state index in [9.17, 15) is 0 Å². The van der Waals surface area contributed by atoms with Crippen molar-refractivity contribution >= 4 is 23.4 Å². The first-order chi connectivity index (χ1) is 8.36. The standard InChI is InChI=1S/C13H13ClN2S/c14-5-10-6-15-16(7-10)8-11-9-17-13-4-2-1-3-12(11)13/h1-4,6-7,11H,5,8-9H2. The van der Waals surface area contributed by atoms with E-state index in [4.69, 9.17) is 11.6 Å². The van der Waals surface area contributed by atoms with E-state index in [-0.39, 0.29) is 0 Å². The third-order valence-electron chi connectivity index (χ3n) is 3.05. The molecule has 0 saturated heterocycles. The lowest BCUT2D eigenvalue weighted by Gasteiger charge is -2.10. The lowest BCUT2D eigenvalue weighted by Crippen LogP contribution is -2.09. The van der Waals surface area contributed by atoms with Crippen molar-refractivity contribution in [2.24, 2.45) is 0 Å².